The third-order valence-electron chi connectivity index (χ3n) is 15.5. The Labute approximate surface area is 374 Å². The number of allylic oxidation sites excluding steroid dienone is 2. The number of carboxylic acids is 1. The molecule has 5 aliphatic carbocycles. The fourth-order valence-corrected chi connectivity index (χ4v) is 13.1. The minimum absolute atomic E-state index is 0. The van der Waals surface area contributed by atoms with Gasteiger partial charge in [-0.2, -0.15) is 8.42 Å². The van der Waals surface area contributed by atoms with Crippen molar-refractivity contribution in [2.75, 3.05) is 6.61 Å². The first kappa shape index (κ1) is 47.9. The van der Waals surface area contributed by atoms with E-state index in [1.165, 1.54) is 0 Å². The molecule has 3 N–H and O–H groups in total. The van der Waals surface area contributed by atoms with Crippen molar-refractivity contribution < 1.29 is 146 Å². The van der Waals surface area contributed by atoms with Crippen LogP contribution in [0.2, 0.25) is 0 Å². The predicted octanol–water partition coefficient (Wildman–Crippen LogP) is -7.43. The molecular weight excluding hydrogens is 725 g/mol. The SMILES string of the molecule is CC1(C(=O)O)CC[C@]2(C)CC[C@]3(C)C(=CC(=O)[C@@H]4[C@@]5(C)CC[C@H](O[C@]6(S(=O)(=O)O)O[C@H](C[O-])[C@@H]([O-])[C@H](O)[C@H]6[O-])C(C)(C)C5CC[C@]43C)[C@@H]2C1.[Na+].[Na+].[Na+]. The average Bonchev–Trinajstić information content (AvgIpc) is 2.99. The Morgan fingerprint density at radius 3 is 2.12 bits per heavy atom. The molecule has 5 fully saturated rings. The van der Waals surface area contributed by atoms with Crippen molar-refractivity contribution in [1.82, 2.24) is 0 Å². The molecule has 52 heavy (non-hydrogen) atoms. The molecule has 278 valence electrons. The minimum Gasteiger partial charge on any atom is -0.853 e. The van der Waals surface area contributed by atoms with Crippen LogP contribution in [0.1, 0.15) is 106 Å². The van der Waals surface area contributed by atoms with Crippen LogP contribution in [0.3, 0.4) is 0 Å². The van der Waals surface area contributed by atoms with Gasteiger partial charge in [0.1, 0.15) is 0 Å². The summed E-state index contributed by atoms with van der Waals surface area (Å²) in [6.45, 7) is 13.2. The Bertz CT molecular complexity index is 1560. The second-order valence-corrected chi connectivity index (χ2v) is 19.8. The van der Waals surface area contributed by atoms with Crippen LogP contribution in [0.25, 0.3) is 0 Å². The fourth-order valence-electron chi connectivity index (χ4n) is 12.2. The largest absolute Gasteiger partial charge is 1.00 e. The van der Waals surface area contributed by atoms with Crippen molar-refractivity contribution in [2.45, 2.75) is 142 Å². The molecule has 1 saturated heterocycles. The van der Waals surface area contributed by atoms with Crippen molar-refractivity contribution in [3.8, 4) is 0 Å². The van der Waals surface area contributed by atoms with Gasteiger partial charge in [-0.05, 0) is 116 Å². The van der Waals surface area contributed by atoms with E-state index < -0.39 is 85.9 Å². The summed E-state index contributed by atoms with van der Waals surface area (Å²) in [6.07, 6.45) is -2.76. The first-order valence-electron chi connectivity index (χ1n) is 17.8. The number of carbonyl (C=O) groups excluding carboxylic acids is 1. The number of carbonyl (C=O) groups is 2. The number of hydrogen-bond acceptors (Lipinski definition) is 10. The van der Waals surface area contributed by atoms with E-state index in [1.807, 2.05) is 26.8 Å². The second-order valence-electron chi connectivity index (χ2n) is 18.3. The molecule has 0 aromatic rings. The molecule has 4 saturated carbocycles. The van der Waals surface area contributed by atoms with Crippen LogP contribution in [-0.4, -0.2) is 77.2 Å². The van der Waals surface area contributed by atoms with Gasteiger partial charge in [-0.15, -0.1) is 6.61 Å². The molecule has 14 atom stereocenters. The van der Waals surface area contributed by atoms with Crippen LogP contribution in [0.5, 0.6) is 0 Å². The molecule has 16 heteroatoms. The summed E-state index contributed by atoms with van der Waals surface area (Å²) in [5.41, 5.74) is -2.12. The fraction of sp³-hybridized carbons (Fsp3) is 0.889. The predicted molar refractivity (Wildman–Crippen MR) is 170 cm³/mol. The Morgan fingerprint density at radius 1 is 0.962 bits per heavy atom. The van der Waals surface area contributed by atoms with Crippen molar-refractivity contribution in [2.24, 2.45) is 50.2 Å². The van der Waals surface area contributed by atoms with Crippen LogP contribution in [0, 0.1) is 50.2 Å². The number of aliphatic hydroxyl groups excluding tert-OH is 1. The van der Waals surface area contributed by atoms with E-state index in [9.17, 15) is 48.1 Å². The van der Waals surface area contributed by atoms with Crippen LogP contribution in [0.4, 0.5) is 0 Å². The summed E-state index contributed by atoms with van der Waals surface area (Å²) in [4.78, 5) is 27.1. The summed E-state index contributed by atoms with van der Waals surface area (Å²) in [5, 5.41) is 54.7. The Balaban J connectivity index is 0.00000243. The van der Waals surface area contributed by atoms with Gasteiger partial charge in [0, 0.05) is 18.1 Å². The molecule has 0 bridgehead atoms. The quantitative estimate of drug-likeness (QED) is 0.135. The molecule has 6 rings (SSSR count). The third kappa shape index (κ3) is 6.67. The summed E-state index contributed by atoms with van der Waals surface area (Å²) in [7, 11) is -5.51. The summed E-state index contributed by atoms with van der Waals surface area (Å²) < 4.78 is 47.2. The molecule has 0 aromatic heterocycles. The molecule has 0 amide bonds. The van der Waals surface area contributed by atoms with Gasteiger partial charge in [-0.1, -0.05) is 53.2 Å². The Hall–Kier alpha value is 1.55. The summed E-state index contributed by atoms with van der Waals surface area (Å²) in [5.74, 6) is -1.41. The van der Waals surface area contributed by atoms with Crippen molar-refractivity contribution in [3.63, 3.8) is 0 Å². The van der Waals surface area contributed by atoms with E-state index in [-0.39, 0.29) is 124 Å². The van der Waals surface area contributed by atoms with E-state index >= 15 is 0 Å². The van der Waals surface area contributed by atoms with E-state index in [0.717, 1.165) is 24.8 Å². The van der Waals surface area contributed by atoms with Crippen molar-refractivity contribution >= 4 is 21.9 Å². The number of ether oxygens (including phenoxy) is 2. The van der Waals surface area contributed by atoms with Crippen LogP contribution >= 0.6 is 0 Å². The van der Waals surface area contributed by atoms with Gasteiger partial charge in [-0.25, -0.2) is 0 Å². The number of aliphatic carboxylic acids is 1. The Kier molecular flexibility index (Phi) is 14.1. The van der Waals surface area contributed by atoms with E-state index in [2.05, 4.69) is 27.7 Å². The van der Waals surface area contributed by atoms with Crippen LogP contribution in [-0.2, 0) is 29.2 Å². The molecule has 12 nitrogen and oxygen atoms in total. The second kappa shape index (κ2) is 15.3. The normalized spacial score (nSPS) is 49.5. The van der Waals surface area contributed by atoms with Gasteiger partial charge in [0.15, 0.2) is 5.78 Å². The zero-order valence-electron chi connectivity index (χ0n) is 32.7. The molecule has 1 aliphatic heterocycles. The smallest absolute Gasteiger partial charge is 0.853 e. The maximum atomic E-state index is 14.7. The molecule has 0 spiro atoms. The average molecular weight is 779 g/mol. The zero-order chi connectivity index (χ0) is 36.5. The van der Waals surface area contributed by atoms with E-state index in [1.54, 1.807) is 0 Å². The van der Waals surface area contributed by atoms with Crippen LogP contribution < -0.4 is 104 Å². The van der Waals surface area contributed by atoms with Gasteiger partial charge < -0.3 is 35.0 Å². The molecule has 1 heterocycles. The number of hydrogen-bond donors (Lipinski definition) is 3. The van der Waals surface area contributed by atoms with Gasteiger partial charge >= 0.3 is 105 Å². The first-order valence-corrected chi connectivity index (χ1v) is 19.2. The number of ketones is 1. The van der Waals surface area contributed by atoms with Gasteiger partial charge in [0.25, 0.3) is 5.12 Å². The number of rotatable bonds is 5. The minimum atomic E-state index is -5.51. The number of carboxylic acid groups (broad SMARTS) is 1. The maximum absolute atomic E-state index is 14.7. The zero-order valence-corrected chi connectivity index (χ0v) is 39.5. The standard InChI is InChI=1S/C36H53O12S.3Na/c1-30(2)23-8-11-35(7)27(21(38)16-19-20-17-32(4,29(42)43)13-12-31(20,3)14-15-34(19,35)6)33(23,5)10-9-24(30)48-36(49(44,45)46)28(41)26(40)25(39)22(18-37)47-36;;;/h16,20,22-28,40H,8-15,17-18H2,1-7H3,(H,42,43)(H,44,45,46);;;/q-3;3*+1/t20-,22+,23?,24-,25+,26-,27+,28+,31+,32?,33-,34+,35+,36+;;;/m0.../s1. The molecule has 0 radical (unpaired) electrons. The van der Waals surface area contributed by atoms with Gasteiger partial charge in [-0.3, -0.25) is 14.1 Å². The van der Waals surface area contributed by atoms with E-state index in [4.69, 9.17) is 9.47 Å². The third-order valence-corrected chi connectivity index (χ3v) is 16.7. The van der Waals surface area contributed by atoms with Gasteiger partial charge in [0.05, 0.1) is 11.5 Å². The van der Waals surface area contributed by atoms with Gasteiger partial charge in [0.2, 0.25) is 0 Å². The molecular formula is C36H53Na3O12S. The molecule has 2 unspecified atom stereocenters. The van der Waals surface area contributed by atoms with Crippen molar-refractivity contribution in [1.29, 1.82) is 0 Å². The molecule has 6 aliphatic rings. The number of fused-ring (bicyclic) bond motifs is 7. The van der Waals surface area contributed by atoms with Crippen molar-refractivity contribution in [3.05, 3.63) is 11.6 Å². The van der Waals surface area contributed by atoms with Crippen LogP contribution in [0.15, 0.2) is 11.6 Å². The van der Waals surface area contributed by atoms with E-state index in [0.29, 0.717) is 32.1 Å². The summed E-state index contributed by atoms with van der Waals surface area (Å²) >= 11 is 0. The molecule has 0 aromatic carbocycles. The Morgan fingerprint density at radius 2 is 1.56 bits per heavy atom. The first-order chi connectivity index (χ1) is 22.4. The number of aliphatic hydroxyl groups is 1. The maximum Gasteiger partial charge on any atom is 1.00 e. The monoisotopic (exact) mass is 778 g/mol. The summed E-state index contributed by atoms with van der Waals surface area (Å²) in [6, 6.07) is 0. The topological polar surface area (TPSA) is 217 Å².